The Morgan fingerprint density at radius 1 is 1.11 bits per heavy atom. The number of anilines is 1. The Bertz CT molecular complexity index is 571. The summed E-state index contributed by atoms with van der Waals surface area (Å²) in [6.45, 7) is 0. The number of hydrogen-bond acceptors (Lipinski definition) is 1. The van der Waals surface area contributed by atoms with E-state index < -0.39 is 5.38 Å². The number of halogens is 3. The summed E-state index contributed by atoms with van der Waals surface area (Å²) in [5, 5.41) is 1.84. The van der Waals surface area contributed by atoms with Crippen molar-refractivity contribution in [3.63, 3.8) is 0 Å². The van der Waals surface area contributed by atoms with Crippen LogP contribution < -0.4 is 5.32 Å². The maximum Gasteiger partial charge on any atom is 0.246 e. The standard InChI is InChI=1S/C14H10BrClFNO/c15-10-3-1-9(2-4-10)13(16)14(19)18-12-7-5-11(17)6-8-12/h1-8,13H,(H,18,19). The minimum atomic E-state index is -0.793. The lowest BCUT2D eigenvalue weighted by Gasteiger charge is -2.11. The lowest BCUT2D eigenvalue weighted by molar-refractivity contribution is -0.116. The second-order valence-corrected chi connectivity index (χ2v) is 5.26. The molecule has 1 amide bonds. The summed E-state index contributed by atoms with van der Waals surface area (Å²) in [5.74, 6) is -0.705. The number of nitrogens with one attached hydrogen (secondary N) is 1. The largest absolute Gasteiger partial charge is 0.325 e. The monoisotopic (exact) mass is 341 g/mol. The second kappa shape index (κ2) is 6.17. The predicted molar refractivity (Wildman–Crippen MR) is 77.8 cm³/mol. The van der Waals surface area contributed by atoms with E-state index in [2.05, 4.69) is 21.2 Å². The number of benzene rings is 2. The van der Waals surface area contributed by atoms with Crippen molar-refractivity contribution in [3.8, 4) is 0 Å². The number of hydrogen-bond donors (Lipinski definition) is 1. The summed E-state index contributed by atoms with van der Waals surface area (Å²) in [7, 11) is 0. The predicted octanol–water partition coefficient (Wildman–Crippen LogP) is 4.51. The van der Waals surface area contributed by atoms with E-state index >= 15 is 0 Å². The maximum atomic E-state index is 12.7. The summed E-state index contributed by atoms with van der Waals surface area (Å²) >= 11 is 9.40. The number of rotatable bonds is 3. The van der Waals surface area contributed by atoms with Crippen molar-refractivity contribution in [3.05, 3.63) is 64.4 Å². The second-order valence-electron chi connectivity index (χ2n) is 3.91. The van der Waals surface area contributed by atoms with Crippen LogP contribution in [0.3, 0.4) is 0 Å². The van der Waals surface area contributed by atoms with Gasteiger partial charge in [-0.2, -0.15) is 0 Å². The molecule has 0 spiro atoms. The molecule has 0 bridgehead atoms. The highest BCUT2D eigenvalue weighted by Gasteiger charge is 2.17. The summed E-state index contributed by atoms with van der Waals surface area (Å²) < 4.78 is 13.7. The molecule has 0 fully saturated rings. The van der Waals surface area contributed by atoms with Crippen molar-refractivity contribution in [2.75, 3.05) is 5.32 Å². The first-order valence-electron chi connectivity index (χ1n) is 5.52. The van der Waals surface area contributed by atoms with Crippen LogP contribution in [0.15, 0.2) is 53.0 Å². The Hall–Kier alpha value is -1.39. The lowest BCUT2D eigenvalue weighted by atomic mass is 10.1. The lowest BCUT2D eigenvalue weighted by Crippen LogP contribution is -2.17. The molecule has 2 rings (SSSR count). The molecule has 2 nitrogen and oxygen atoms in total. The molecule has 2 aromatic carbocycles. The van der Waals surface area contributed by atoms with Gasteiger partial charge < -0.3 is 5.32 Å². The molecule has 1 N–H and O–H groups in total. The SMILES string of the molecule is O=C(Nc1ccc(F)cc1)C(Cl)c1ccc(Br)cc1. The third-order valence-electron chi connectivity index (χ3n) is 2.50. The van der Waals surface area contributed by atoms with E-state index in [1.54, 1.807) is 12.1 Å². The molecule has 0 radical (unpaired) electrons. The molecule has 0 aromatic heterocycles. The van der Waals surface area contributed by atoms with Gasteiger partial charge in [0.25, 0.3) is 0 Å². The van der Waals surface area contributed by atoms with Gasteiger partial charge in [0.2, 0.25) is 5.91 Å². The van der Waals surface area contributed by atoms with Crippen LogP contribution in [0, 0.1) is 5.82 Å². The van der Waals surface area contributed by atoms with Gasteiger partial charge in [0.15, 0.2) is 0 Å². The molecule has 2 aromatic rings. The first-order valence-corrected chi connectivity index (χ1v) is 6.75. The molecule has 0 aliphatic heterocycles. The zero-order valence-electron chi connectivity index (χ0n) is 9.74. The maximum absolute atomic E-state index is 12.7. The van der Waals surface area contributed by atoms with Crippen LogP contribution in [0.25, 0.3) is 0 Å². The Balaban J connectivity index is 2.07. The number of carbonyl (C=O) groups excluding carboxylic acids is 1. The fourth-order valence-corrected chi connectivity index (χ4v) is 1.99. The van der Waals surface area contributed by atoms with Crippen LogP contribution in [0.1, 0.15) is 10.9 Å². The van der Waals surface area contributed by atoms with Gasteiger partial charge in [-0.1, -0.05) is 28.1 Å². The van der Waals surface area contributed by atoms with Gasteiger partial charge in [-0.15, -0.1) is 11.6 Å². The normalized spacial score (nSPS) is 11.9. The molecule has 0 aliphatic rings. The van der Waals surface area contributed by atoms with Crippen molar-refractivity contribution < 1.29 is 9.18 Å². The number of amides is 1. The molecule has 98 valence electrons. The highest BCUT2D eigenvalue weighted by Crippen LogP contribution is 2.24. The van der Waals surface area contributed by atoms with Crippen molar-refractivity contribution in [1.29, 1.82) is 0 Å². The average Bonchev–Trinajstić information content (AvgIpc) is 2.41. The van der Waals surface area contributed by atoms with Crippen LogP contribution in [-0.2, 0) is 4.79 Å². The minimum Gasteiger partial charge on any atom is -0.325 e. The van der Waals surface area contributed by atoms with Crippen LogP contribution >= 0.6 is 27.5 Å². The average molecular weight is 343 g/mol. The van der Waals surface area contributed by atoms with Crippen molar-refractivity contribution in [2.45, 2.75) is 5.38 Å². The van der Waals surface area contributed by atoms with Gasteiger partial charge in [0.05, 0.1) is 0 Å². The summed E-state index contributed by atoms with van der Waals surface area (Å²) in [4.78, 5) is 11.9. The topological polar surface area (TPSA) is 29.1 Å². The molecule has 0 saturated heterocycles. The first-order chi connectivity index (χ1) is 9.06. The number of alkyl halides is 1. The van der Waals surface area contributed by atoms with Gasteiger partial charge >= 0.3 is 0 Å². The smallest absolute Gasteiger partial charge is 0.246 e. The molecule has 1 unspecified atom stereocenters. The molecule has 0 saturated carbocycles. The van der Waals surface area contributed by atoms with E-state index in [1.807, 2.05) is 12.1 Å². The minimum absolute atomic E-state index is 0.351. The van der Waals surface area contributed by atoms with Crippen molar-refractivity contribution >= 4 is 39.1 Å². The Kier molecular flexibility index (Phi) is 4.56. The molecule has 1 atom stereocenters. The fraction of sp³-hybridized carbons (Fsp3) is 0.0714. The molecule has 19 heavy (non-hydrogen) atoms. The fourth-order valence-electron chi connectivity index (χ4n) is 1.52. The highest BCUT2D eigenvalue weighted by molar-refractivity contribution is 9.10. The van der Waals surface area contributed by atoms with E-state index in [1.165, 1.54) is 24.3 Å². The Morgan fingerprint density at radius 3 is 2.26 bits per heavy atom. The zero-order chi connectivity index (χ0) is 13.8. The Labute approximate surface area is 123 Å². The molecule has 5 heteroatoms. The van der Waals surface area contributed by atoms with Crippen LogP contribution in [0.4, 0.5) is 10.1 Å². The molecular weight excluding hydrogens is 333 g/mol. The van der Waals surface area contributed by atoms with E-state index in [9.17, 15) is 9.18 Å². The third kappa shape index (κ3) is 3.78. The van der Waals surface area contributed by atoms with Gasteiger partial charge in [0.1, 0.15) is 11.2 Å². The highest BCUT2D eigenvalue weighted by atomic mass is 79.9. The zero-order valence-corrected chi connectivity index (χ0v) is 12.1. The van der Waals surface area contributed by atoms with Crippen molar-refractivity contribution in [1.82, 2.24) is 0 Å². The van der Waals surface area contributed by atoms with Gasteiger partial charge in [-0.3, -0.25) is 4.79 Å². The summed E-state index contributed by atoms with van der Waals surface area (Å²) in [5.41, 5.74) is 1.21. The quantitative estimate of drug-likeness (QED) is 0.817. The van der Waals surface area contributed by atoms with Crippen LogP contribution in [0.5, 0.6) is 0 Å². The first kappa shape index (κ1) is 14.0. The van der Waals surface area contributed by atoms with E-state index in [-0.39, 0.29) is 11.7 Å². The van der Waals surface area contributed by atoms with Gasteiger partial charge in [-0.05, 0) is 42.0 Å². The molecule has 0 aliphatic carbocycles. The summed E-state index contributed by atoms with van der Waals surface area (Å²) in [6, 6.07) is 12.7. The van der Waals surface area contributed by atoms with Crippen molar-refractivity contribution in [2.24, 2.45) is 0 Å². The van der Waals surface area contributed by atoms with E-state index in [0.717, 1.165) is 4.47 Å². The van der Waals surface area contributed by atoms with E-state index in [4.69, 9.17) is 11.6 Å². The van der Waals surface area contributed by atoms with Gasteiger partial charge in [-0.25, -0.2) is 4.39 Å². The van der Waals surface area contributed by atoms with E-state index in [0.29, 0.717) is 11.3 Å². The van der Waals surface area contributed by atoms with Gasteiger partial charge in [0, 0.05) is 10.2 Å². The number of carbonyl (C=O) groups is 1. The third-order valence-corrected chi connectivity index (χ3v) is 3.48. The molecular formula is C14H10BrClFNO. The van der Waals surface area contributed by atoms with Crippen LogP contribution in [0.2, 0.25) is 0 Å². The van der Waals surface area contributed by atoms with Crippen LogP contribution in [-0.4, -0.2) is 5.91 Å². The molecule has 0 heterocycles. The Morgan fingerprint density at radius 2 is 1.68 bits per heavy atom. The summed E-state index contributed by atoms with van der Waals surface area (Å²) in [6.07, 6.45) is 0.